The van der Waals surface area contributed by atoms with Crippen LogP contribution in [0.5, 0.6) is 5.75 Å². The van der Waals surface area contributed by atoms with Gasteiger partial charge in [0.25, 0.3) is 0 Å². The number of aryl methyl sites for hydroxylation is 1. The molecule has 1 saturated heterocycles. The van der Waals surface area contributed by atoms with Gasteiger partial charge in [0.1, 0.15) is 18.1 Å². The Balaban J connectivity index is 1.33. The summed E-state index contributed by atoms with van der Waals surface area (Å²) in [4.78, 5) is 7.33. The highest BCUT2D eigenvalue weighted by Gasteiger charge is 2.26. The Bertz CT molecular complexity index is 1110. The fraction of sp³-hybridized carbons (Fsp3) is 0.400. The number of aliphatic imine (C=N–C) groups is 1. The second-order valence-electron chi connectivity index (χ2n) is 8.67. The van der Waals surface area contributed by atoms with Crippen LogP contribution >= 0.6 is 0 Å². The Morgan fingerprint density at radius 3 is 2.70 bits per heavy atom. The number of hydrogen-bond acceptors (Lipinski definition) is 5. The molecule has 8 nitrogen and oxygen atoms in total. The third-order valence-corrected chi connectivity index (χ3v) is 6.48. The summed E-state index contributed by atoms with van der Waals surface area (Å²) in [5.74, 6) is 3.48. The van der Waals surface area contributed by atoms with Crippen LogP contribution in [-0.4, -0.2) is 46.5 Å². The van der Waals surface area contributed by atoms with Crippen LogP contribution in [0.2, 0.25) is 0 Å². The highest BCUT2D eigenvalue weighted by Crippen LogP contribution is 2.31. The molecule has 5 rings (SSSR count). The number of rotatable bonds is 5. The number of hydrogen-bond donors (Lipinski definition) is 2. The van der Waals surface area contributed by atoms with E-state index < -0.39 is 0 Å². The summed E-state index contributed by atoms with van der Waals surface area (Å²) in [6.07, 6.45) is 1.95. The summed E-state index contributed by atoms with van der Waals surface area (Å²) in [5.41, 5.74) is 2.44. The molecule has 0 bridgehead atoms. The first-order valence-corrected chi connectivity index (χ1v) is 11.6. The summed E-state index contributed by atoms with van der Waals surface area (Å²) in [6.45, 7) is 5.07. The molecular formula is C25H31N7O. The van der Waals surface area contributed by atoms with E-state index in [2.05, 4.69) is 68.2 Å². The lowest BCUT2D eigenvalue weighted by molar-refractivity contribution is 0.261. The summed E-state index contributed by atoms with van der Waals surface area (Å²) in [5, 5.41) is 15.8. The molecule has 1 fully saturated rings. The fourth-order valence-electron chi connectivity index (χ4n) is 4.47. The number of aromatic nitrogens is 3. The van der Waals surface area contributed by atoms with E-state index in [1.807, 2.05) is 30.7 Å². The van der Waals surface area contributed by atoms with Crippen LogP contribution in [0.1, 0.15) is 36.1 Å². The van der Waals surface area contributed by atoms with Crippen LogP contribution < -0.4 is 20.3 Å². The predicted octanol–water partition coefficient (Wildman–Crippen LogP) is 2.96. The molecule has 2 aliphatic heterocycles. The van der Waals surface area contributed by atoms with Crippen molar-refractivity contribution in [2.45, 2.75) is 38.4 Å². The average molecular weight is 446 g/mol. The molecule has 2 unspecified atom stereocenters. The number of ether oxygens (including phenoxy) is 1. The highest BCUT2D eigenvalue weighted by molar-refractivity contribution is 5.81. The highest BCUT2D eigenvalue weighted by atomic mass is 16.5. The number of benzene rings is 2. The van der Waals surface area contributed by atoms with Crippen molar-refractivity contribution >= 4 is 11.6 Å². The second-order valence-corrected chi connectivity index (χ2v) is 8.67. The lowest BCUT2D eigenvalue weighted by Gasteiger charge is -2.29. The lowest BCUT2D eigenvalue weighted by atomic mass is 10.0. The van der Waals surface area contributed by atoms with Gasteiger partial charge >= 0.3 is 0 Å². The zero-order chi connectivity index (χ0) is 22.6. The van der Waals surface area contributed by atoms with Gasteiger partial charge in [-0.25, -0.2) is 4.99 Å². The smallest absolute Gasteiger partial charge is 0.192 e. The minimum atomic E-state index is 0.147. The molecule has 33 heavy (non-hydrogen) atoms. The zero-order valence-corrected chi connectivity index (χ0v) is 19.2. The average Bonchev–Trinajstić information content (AvgIpc) is 3.45. The Labute approximate surface area is 194 Å². The maximum Gasteiger partial charge on any atom is 0.192 e. The van der Waals surface area contributed by atoms with Gasteiger partial charge in [-0.3, -0.25) is 0 Å². The van der Waals surface area contributed by atoms with E-state index in [0.717, 1.165) is 49.3 Å². The van der Waals surface area contributed by atoms with Crippen LogP contribution in [0.3, 0.4) is 0 Å². The first-order chi connectivity index (χ1) is 16.2. The van der Waals surface area contributed by atoms with E-state index in [4.69, 9.17) is 9.73 Å². The Hall–Kier alpha value is -3.55. The third-order valence-electron chi connectivity index (χ3n) is 6.48. The number of nitrogens with one attached hydrogen (secondary N) is 2. The van der Waals surface area contributed by atoms with E-state index in [-0.39, 0.29) is 6.04 Å². The molecular weight excluding hydrogens is 414 g/mol. The standard InChI is InChI=1S/C25H31N7O/c1-18-29-30-24(31(18)2)16-26-25(28-22-13-15-33-23-11-7-6-10-21(22)23)27-19-12-14-32(17-19)20-8-4-3-5-9-20/h3-11,19,22H,12-17H2,1-2H3,(H2,26,27,28). The van der Waals surface area contributed by atoms with Gasteiger partial charge in [-0.1, -0.05) is 36.4 Å². The van der Waals surface area contributed by atoms with Crippen LogP contribution in [0.25, 0.3) is 0 Å². The summed E-state index contributed by atoms with van der Waals surface area (Å²) >= 11 is 0. The minimum absolute atomic E-state index is 0.147. The fourth-order valence-corrected chi connectivity index (χ4v) is 4.47. The van der Waals surface area contributed by atoms with E-state index in [9.17, 15) is 0 Å². The van der Waals surface area contributed by atoms with Gasteiger partial charge in [0, 0.05) is 43.9 Å². The molecule has 1 aromatic heterocycles. The SMILES string of the molecule is Cc1nnc(CN=C(NC2CCN(c3ccccc3)C2)NC2CCOc3ccccc32)n1C. The van der Waals surface area contributed by atoms with Gasteiger partial charge in [0.05, 0.1) is 12.6 Å². The number of nitrogens with zero attached hydrogens (tertiary/aromatic N) is 5. The normalized spacial score (nSPS) is 20.3. The van der Waals surface area contributed by atoms with Gasteiger partial charge in [-0.2, -0.15) is 0 Å². The van der Waals surface area contributed by atoms with Crippen molar-refractivity contribution in [3.8, 4) is 5.75 Å². The molecule has 2 N–H and O–H groups in total. The van der Waals surface area contributed by atoms with Crippen molar-refractivity contribution < 1.29 is 4.74 Å². The van der Waals surface area contributed by atoms with Gasteiger partial charge < -0.3 is 24.8 Å². The Morgan fingerprint density at radius 2 is 1.88 bits per heavy atom. The molecule has 0 aliphatic carbocycles. The third kappa shape index (κ3) is 4.79. The first kappa shape index (κ1) is 21.3. The lowest BCUT2D eigenvalue weighted by Crippen LogP contribution is -2.46. The molecule has 0 spiro atoms. The molecule has 3 heterocycles. The second kappa shape index (κ2) is 9.52. The largest absolute Gasteiger partial charge is 0.493 e. The maximum absolute atomic E-state index is 5.85. The first-order valence-electron chi connectivity index (χ1n) is 11.6. The van der Waals surface area contributed by atoms with Gasteiger partial charge in [-0.05, 0) is 31.5 Å². The van der Waals surface area contributed by atoms with E-state index in [1.165, 1.54) is 11.3 Å². The minimum Gasteiger partial charge on any atom is -0.493 e. The molecule has 0 amide bonds. The van der Waals surface area contributed by atoms with Crippen molar-refractivity contribution in [2.24, 2.45) is 12.0 Å². The van der Waals surface area contributed by atoms with Crippen LogP contribution in [0.4, 0.5) is 5.69 Å². The van der Waals surface area contributed by atoms with E-state index >= 15 is 0 Å². The molecule has 2 aliphatic rings. The summed E-state index contributed by atoms with van der Waals surface area (Å²) in [6, 6.07) is 19.3. The monoisotopic (exact) mass is 445 g/mol. The number of fused-ring (bicyclic) bond motifs is 1. The molecule has 3 aromatic rings. The molecule has 0 saturated carbocycles. The summed E-state index contributed by atoms with van der Waals surface area (Å²) < 4.78 is 7.83. The molecule has 2 atom stereocenters. The number of guanidine groups is 1. The number of anilines is 1. The van der Waals surface area contributed by atoms with Crippen LogP contribution in [0.15, 0.2) is 59.6 Å². The number of para-hydroxylation sites is 2. The Morgan fingerprint density at radius 1 is 1.06 bits per heavy atom. The van der Waals surface area contributed by atoms with Crippen molar-refractivity contribution in [3.05, 3.63) is 71.8 Å². The van der Waals surface area contributed by atoms with Gasteiger partial charge in [0.15, 0.2) is 11.8 Å². The van der Waals surface area contributed by atoms with Crippen LogP contribution in [-0.2, 0) is 13.6 Å². The molecule has 2 aromatic carbocycles. The zero-order valence-electron chi connectivity index (χ0n) is 19.2. The van der Waals surface area contributed by atoms with Gasteiger partial charge in [-0.15, -0.1) is 10.2 Å². The molecule has 172 valence electrons. The molecule has 0 radical (unpaired) electrons. The van der Waals surface area contributed by atoms with Crippen molar-refractivity contribution in [2.75, 3.05) is 24.6 Å². The topological polar surface area (TPSA) is 79.6 Å². The van der Waals surface area contributed by atoms with Crippen molar-refractivity contribution in [3.63, 3.8) is 0 Å². The molecule has 8 heteroatoms. The Kier molecular flexibility index (Phi) is 6.15. The summed E-state index contributed by atoms with van der Waals surface area (Å²) in [7, 11) is 1.98. The van der Waals surface area contributed by atoms with Gasteiger partial charge in [0.2, 0.25) is 0 Å². The van der Waals surface area contributed by atoms with Crippen molar-refractivity contribution in [1.82, 2.24) is 25.4 Å². The van der Waals surface area contributed by atoms with E-state index in [1.54, 1.807) is 0 Å². The van der Waals surface area contributed by atoms with E-state index in [0.29, 0.717) is 19.2 Å². The quantitative estimate of drug-likeness (QED) is 0.464. The van der Waals surface area contributed by atoms with Crippen molar-refractivity contribution in [1.29, 1.82) is 0 Å². The maximum atomic E-state index is 5.85. The van der Waals surface area contributed by atoms with Crippen LogP contribution in [0, 0.1) is 6.92 Å². The predicted molar refractivity (Wildman–Crippen MR) is 130 cm³/mol.